The van der Waals surface area contributed by atoms with Crippen molar-refractivity contribution in [2.24, 2.45) is 5.10 Å². The molecule has 36 heavy (non-hydrogen) atoms. The van der Waals surface area contributed by atoms with Gasteiger partial charge in [-0.3, -0.25) is 14.9 Å². The zero-order valence-electron chi connectivity index (χ0n) is 21.1. The molecule has 186 valence electrons. The van der Waals surface area contributed by atoms with Gasteiger partial charge in [-0.05, 0) is 49.1 Å². The molecule has 0 aliphatic heterocycles. The minimum absolute atomic E-state index is 0.0367. The molecule has 0 saturated heterocycles. The lowest BCUT2D eigenvalue weighted by Gasteiger charge is -2.20. The second-order valence-electron chi connectivity index (χ2n) is 9.59. The molecule has 1 N–H and O–H groups in total. The number of ether oxygens (including phenoxy) is 1. The molecule has 1 amide bonds. The third-order valence-electron chi connectivity index (χ3n) is 6.05. The molecule has 0 spiro atoms. The van der Waals surface area contributed by atoms with Gasteiger partial charge in [0.25, 0.3) is 5.69 Å². The Balaban J connectivity index is 1.54. The maximum Gasteiger partial charge on any atom is 0.307 e. The number of hydrazone groups is 1. The molecule has 9 nitrogen and oxygen atoms in total. The number of carbonyl (C=O) groups is 1. The number of aryl methyl sites for hydroxylation is 1. The van der Waals surface area contributed by atoms with Gasteiger partial charge in [0.05, 0.1) is 24.3 Å². The van der Waals surface area contributed by atoms with E-state index in [0.717, 1.165) is 22.6 Å². The van der Waals surface area contributed by atoms with E-state index < -0.39 is 10.8 Å². The van der Waals surface area contributed by atoms with Crippen molar-refractivity contribution in [1.82, 2.24) is 9.99 Å². The highest BCUT2D eigenvalue weighted by atomic mass is 16.6. The smallest absolute Gasteiger partial charge is 0.307 e. The first-order valence-corrected chi connectivity index (χ1v) is 11.4. The first-order valence-electron chi connectivity index (χ1n) is 11.4. The summed E-state index contributed by atoms with van der Waals surface area (Å²) < 4.78 is 12.9. The molecule has 0 aliphatic carbocycles. The topological polar surface area (TPSA) is 112 Å². The van der Waals surface area contributed by atoms with Crippen LogP contribution in [0.4, 0.5) is 5.69 Å². The number of rotatable bonds is 6. The Kier molecular flexibility index (Phi) is 6.41. The Morgan fingerprint density at radius 3 is 2.44 bits per heavy atom. The molecule has 2 heterocycles. The first-order chi connectivity index (χ1) is 17.0. The second-order valence-corrected chi connectivity index (χ2v) is 9.59. The third-order valence-corrected chi connectivity index (χ3v) is 6.05. The summed E-state index contributed by atoms with van der Waals surface area (Å²) in [7, 11) is 1.38. The Hall–Kier alpha value is -4.40. The fourth-order valence-corrected chi connectivity index (χ4v) is 4.12. The number of aromatic nitrogens is 1. The number of carbonyl (C=O) groups excluding carboxylic acids is 1. The largest absolute Gasteiger partial charge is 0.493 e. The maximum absolute atomic E-state index is 12.6. The van der Waals surface area contributed by atoms with Crippen LogP contribution in [0.1, 0.15) is 53.8 Å². The van der Waals surface area contributed by atoms with Crippen molar-refractivity contribution in [2.75, 3.05) is 7.11 Å². The van der Waals surface area contributed by atoms with Crippen LogP contribution in [0.3, 0.4) is 0 Å². The number of nitro benzene ring substituents is 1. The predicted molar refractivity (Wildman–Crippen MR) is 138 cm³/mol. The number of benzene rings is 2. The van der Waals surface area contributed by atoms with Crippen LogP contribution in [0, 0.1) is 24.0 Å². The monoisotopic (exact) mass is 488 g/mol. The molecule has 0 saturated carbocycles. The summed E-state index contributed by atoms with van der Waals surface area (Å²) in [5, 5.41) is 15.6. The molecule has 0 unspecified atom stereocenters. The number of nitrogens with one attached hydrogen (secondary N) is 1. The maximum atomic E-state index is 12.6. The van der Waals surface area contributed by atoms with Gasteiger partial charge in [0.15, 0.2) is 17.1 Å². The van der Waals surface area contributed by atoms with E-state index in [-0.39, 0.29) is 28.2 Å². The standard InChI is InChI=1S/C27H28N4O5/c1-16-11-19(17(2)30(16)21-9-7-20(8-10-21)27(3,4)5)15-28-29-26(32)24-13-18-12-22(31(33)34)14-23(35-6)25(18)36-24/h7-15H,1-6H3,(H,29,32)/b28-15-. The van der Waals surface area contributed by atoms with Crippen LogP contribution >= 0.6 is 0 Å². The molecule has 0 radical (unpaired) electrons. The Bertz CT molecular complexity index is 1490. The molecule has 0 atom stereocenters. The Morgan fingerprint density at radius 1 is 1.14 bits per heavy atom. The minimum Gasteiger partial charge on any atom is -0.493 e. The summed E-state index contributed by atoms with van der Waals surface area (Å²) >= 11 is 0. The number of amides is 1. The lowest BCUT2D eigenvalue weighted by Crippen LogP contribution is -2.16. The highest BCUT2D eigenvalue weighted by Crippen LogP contribution is 2.33. The van der Waals surface area contributed by atoms with Crippen molar-refractivity contribution >= 4 is 28.8 Å². The van der Waals surface area contributed by atoms with E-state index in [1.807, 2.05) is 19.9 Å². The van der Waals surface area contributed by atoms with Gasteiger partial charge in [-0.1, -0.05) is 32.9 Å². The van der Waals surface area contributed by atoms with Crippen molar-refractivity contribution in [3.63, 3.8) is 0 Å². The van der Waals surface area contributed by atoms with E-state index in [9.17, 15) is 14.9 Å². The van der Waals surface area contributed by atoms with Crippen LogP contribution in [-0.4, -0.2) is 28.7 Å². The average molecular weight is 489 g/mol. The number of furan rings is 1. The zero-order valence-corrected chi connectivity index (χ0v) is 21.1. The van der Waals surface area contributed by atoms with Crippen molar-refractivity contribution in [3.05, 3.63) is 86.9 Å². The normalized spacial score (nSPS) is 11.8. The summed E-state index contributed by atoms with van der Waals surface area (Å²) in [6.45, 7) is 10.6. The third kappa shape index (κ3) is 4.72. The van der Waals surface area contributed by atoms with Crippen molar-refractivity contribution in [1.29, 1.82) is 0 Å². The summed E-state index contributed by atoms with van der Waals surface area (Å²) in [6.07, 6.45) is 1.58. The van der Waals surface area contributed by atoms with Gasteiger partial charge >= 0.3 is 5.91 Å². The molecule has 4 aromatic rings. The van der Waals surface area contributed by atoms with E-state index in [1.165, 1.54) is 30.9 Å². The number of non-ortho nitro benzene ring substituents is 1. The summed E-state index contributed by atoms with van der Waals surface area (Å²) in [4.78, 5) is 23.2. The lowest BCUT2D eigenvalue weighted by molar-refractivity contribution is -0.384. The van der Waals surface area contributed by atoms with Gasteiger partial charge in [-0.25, -0.2) is 5.43 Å². The lowest BCUT2D eigenvalue weighted by atomic mass is 9.87. The summed E-state index contributed by atoms with van der Waals surface area (Å²) in [5.74, 6) is -0.450. The van der Waals surface area contributed by atoms with Gasteiger partial charge in [0.1, 0.15) is 0 Å². The molecule has 9 heteroatoms. The first kappa shape index (κ1) is 24.7. The van der Waals surface area contributed by atoms with E-state index >= 15 is 0 Å². The van der Waals surface area contributed by atoms with Crippen molar-refractivity contribution < 1.29 is 18.9 Å². The molecular formula is C27H28N4O5. The van der Waals surface area contributed by atoms with Crippen LogP contribution in [0.5, 0.6) is 5.75 Å². The molecule has 0 bridgehead atoms. The number of methoxy groups -OCH3 is 1. The Labute approximate surface area is 208 Å². The second kappa shape index (κ2) is 9.33. The zero-order chi connectivity index (χ0) is 26.2. The SMILES string of the molecule is COc1cc([N+](=O)[O-])cc2cc(C(=O)N/N=C\c3cc(C)n(-c4ccc(C(C)(C)C)cc4)c3C)oc12. The number of nitro groups is 1. The molecule has 4 rings (SSSR count). The highest BCUT2D eigenvalue weighted by Gasteiger charge is 2.19. The molecule has 0 fully saturated rings. The van der Waals surface area contributed by atoms with Gasteiger partial charge in [0, 0.05) is 34.1 Å². The van der Waals surface area contributed by atoms with E-state index in [0.29, 0.717) is 5.39 Å². The van der Waals surface area contributed by atoms with E-state index in [4.69, 9.17) is 9.15 Å². The summed E-state index contributed by atoms with van der Waals surface area (Å²) in [6, 6.07) is 14.5. The average Bonchev–Trinajstić information content (AvgIpc) is 3.38. The van der Waals surface area contributed by atoms with Crippen LogP contribution in [0.25, 0.3) is 16.7 Å². The Morgan fingerprint density at radius 2 is 1.83 bits per heavy atom. The minimum atomic E-state index is -0.585. The number of hydrogen-bond acceptors (Lipinski definition) is 6. The molecular weight excluding hydrogens is 460 g/mol. The summed E-state index contributed by atoms with van der Waals surface area (Å²) in [5.41, 5.74) is 7.81. The van der Waals surface area contributed by atoms with Crippen molar-refractivity contribution in [2.45, 2.75) is 40.0 Å². The number of hydrogen-bond donors (Lipinski definition) is 1. The quantitative estimate of drug-likeness (QED) is 0.209. The van der Waals surface area contributed by atoms with Crippen molar-refractivity contribution in [3.8, 4) is 11.4 Å². The fraction of sp³-hybridized carbons (Fsp3) is 0.259. The van der Waals surface area contributed by atoms with Crippen LogP contribution in [0.2, 0.25) is 0 Å². The van der Waals surface area contributed by atoms with Crippen LogP contribution in [-0.2, 0) is 5.41 Å². The van der Waals surface area contributed by atoms with Crippen LogP contribution in [0.15, 0.2) is 58.0 Å². The predicted octanol–water partition coefficient (Wildman–Crippen LogP) is 5.82. The van der Waals surface area contributed by atoms with E-state index in [2.05, 4.69) is 60.1 Å². The van der Waals surface area contributed by atoms with Gasteiger partial charge in [-0.15, -0.1) is 0 Å². The number of nitrogens with zero attached hydrogens (tertiary/aromatic N) is 3. The van der Waals surface area contributed by atoms with E-state index in [1.54, 1.807) is 6.21 Å². The van der Waals surface area contributed by atoms with Crippen LogP contribution < -0.4 is 10.2 Å². The van der Waals surface area contributed by atoms with Gasteiger partial charge < -0.3 is 13.7 Å². The van der Waals surface area contributed by atoms with Gasteiger partial charge in [0.2, 0.25) is 0 Å². The fourth-order valence-electron chi connectivity index (χ4n) is 4.12. The number of fused-ring (bicyclic) bond motifs is 1. The molecule has 0 aliphatic rings. The van der Waals surface area contributed by atoms with Gasteiger partial charge in [-0.2, -0.15) is 5.10 Å². The molecule has 2 aromatic heterocycles. The highest BCUT2D eigenvalue weighted by molar-refractivity contribution is 5.98. The molecule has 2 aromatic carbocycles.